The highest BCUT2D eigenvalue weighted by molar-refractivity contribution is 7.96. The van der Waals surface area contributed by atoms with Gasteiger partial charge in [-0.3, -0.25) is 9.52 Å². The van der Waals surface area contributed by atoms with Crippen LogP contribution in [0.4, 0.5) is 0 Å². The molecule has 3 N–H and O–H groups in total. The molecule has 0 aliphatic rings. The van der Waals surface area contributed by atoms with E-state index in [9.17, 15) is 4.79 Å². The molecule has 0 heterocycles. The quantitative estimate of drug-likeness (QED) is 0.551. The second kappa shape index (κ2) is 13.4. The second-order valence-electron chi connectivity index (χ2n) is 3.14. The molecule has 16 heavy (non-hydrogen) atoms. The van der Waals surface area contributed by atoms with Crippen LogP contribution in [0.25, 0.3) is 0 Å². The van der Waals surface area contributed by atoms with Gasteiger partial charge < -0.3 is 10.5 Å². The Kier molecular flexibility index (Phi) is 18.1. The van der Waals surface area contributed by atoms with E-state index in [-0.39, 0.29) is 42.7 Å². The van der Waals surface area contributed by atoms with Gasteiger partial charge in [-0.05, 0) is 12.2 Å². The van der Waals surface area contributed by atoms with E-state index in [2.05, 4.69) is 11.6 Å². The van der Waals surface area contributed by atoms with Crippen molar-refractivity contribution in [2.45, 2.75) is 26.3 Å². The minimum atomic E-state index is -0.235. The molecule has 100 valence electrons. The lowest BCUT2D eigenvalue weighted by Gasteiger charge is -2.21. The van der Waals surface area contributed by atoms with Gasteiger partial charge >= 0.3 is 5.97 Å². The summed E-state index contributed by atoms with van der Waals surface area (Å²) < 4.78 is 8.03. The van der Waals surface area contributed by atoms with E-state index in [0.717, 1.165) is 6.42 Å². The zero-order chi connectivity index (χ0) is 11.0. The average Bonchev–Trinajstić information content (AvgIpc) is 2.21. The Morgan fingerprint density at radius 3 is 2.44 bits per heavy atom. The number of carbonyl (C=O) groups excluding carboxylic acids is 1. The standard InChI is InChI=1S/C9H20N2O2S.2ClH/c1-4-7(2)8(11-14-3)9(12)13-6-5-10;;/h7-8,11H,4-6,10H2,1-3H3;2*1H/t7-,8-;;/m0../s1. The Balaban J connectivity index is -0.000000845. The third-order valence-electron chi connectivity index (χ3n) is 2.07. The first-order valence-corrected chi connectivity index (χ1v) is 6.05. The van der Waals surface area contributed by atoms with Crippen molar-refractivity contribution in [1.29, 1.82) is 0 Å². The molecule has 0 spiro atoms. The number of nitrogens with one attached hydrogen (secondary N) is 1. The first-order chi connectivity index (χ1) is 6.67. The molecule has 0 saturated carbocycles. The first-order valence-electron chi connectivity index (χ1n) is 4.82. The van der Waals surface area contributed by atoms with Crippen LogP contribution in [0.1, 0.15) is 20.3 Å². The van der Waals surface area contributed by atoms with Crippen LogP contribution >= 0.6 is 36.8 Å². The van der Waals surface area contributed by atoms with E-state index in [1.165, 1.54) is 11.9 Å². The van der Waals surface area contributed by atoms with Gasteiger partial charge in [0.15, 0.2) is 0 Å². The van der Waals surface area contributed by atoms with Crippen molar-refractivity contribution in [2.75, 3.05) is 19.4 Å². The molecule has 7 heteroatoms. The number of hydrogen-bond donors (Lipinski definition) is 2. The lowest BCUT2D eigenvalue weighted by Crippen LogP contribution is -2.40. The molecule has 0 saturated heterocycles. The van der Waals surface area contributed by atoms with Gasteiger partial charge in [0.2, 0.25) is 0 Å². The molecule has 0 aliphatic heterocycles. The molecule has 0 fully saturated rings. The van der Waals surface area contributed by atoms with E-state index in [4.69, 9.17) is 10.5 Å². The molecule has 0 bridgehead atoms. The van der Waals surface area contributed by atoms with Crippen LogP contribution in [0.15, 0.2) is 0 Å². The fourth-order valence-electron chi connectivity index (χ4n) is 1.01. The number of halogens is 2. The maximum absolute atomic E-state index is 11.5. The molecule has 4 nitrogen and oxygen atoms in total. The highest BCUT2D eigenvalue weighted by Gasteiger charge is 2.24. The van der Waals surface area contributed by atoms with Crippen LogP contribution in [0.3, 0.4) is 0 Å². The number of esters is 1. The summed E-state index contributed by atoms with van der Waals surface area (Å²) in [5, 5.41) is 0. The van der Waals surface area contributed by atoms with Crippen molar-refractivity contribution in [3.05, 3.63) is 0 Å². The summed E-state index contributed by atoms with van der Waals surface area (Å²) in [6.45, 7) is 4.74. The number of rotatable bonds is 7. The van der Waals surface area contributed by atoms with Crippen LogP contribution < -0.4 is 10.5 Å². The van der Waals surface area contributed by atoms with Crippen LogP contribution in [0.5, 0.6) is 0 Å². The van der Waals surface area contributed by atoms with Crippen LogP contribution in [0.2, 0.25) is 0 Å². The number of nitrogens with two attached hydrogens (primary N) is 1. The molecular weight excluding hydrogens is 271 g/mol. The topological polar surface area (TPSA) is 64.3 Å². The third-order valence-corrected chi connectivity index (χ3v) is 2.56. The largest absolute Gasteiger partial charge is 0.463 e. The van der Waals surface area contributed by atoms with Gasteiger partial charge in [0.1, 0.15) is 12.6 Å². The fourth-order valence-corrected chi connectivity index (χ4v) is 1.59. The minimum Gasteiger partial charge on any atom is -0.463 e. The molecular formula is C9H22Cl2N2O2S. The maximum atomic E-state index is 11.5. The Morgan fingerprint density at radius 2 is 2.06 bits per heavy atom. The highest BCUT2D eigenvalue weighted by atomic mass is 35.5. The summed E-state index contributed by atoms with van der Waals surface area (Å²) in [6, 6.07) is -0.235. The van der Waals surface area contributed by atoms with Gasteiger partial charge in [-0.1, -0.05) is 32.2 Å². The second-order valence-corrected chi connectivity index (χ2v) is 3.79. The van der Waals surface area contributed by atoms with E-state index in [0.29, 0.717) is 13.2 Å². The summed E-state index contributed by atoms with van der Waals surface area (Å²) in [5.41, 5.74) is 5.26. The summed E-state index contributed by atoms with van der Waals surface area (Å²) >= 11 is 1.43. The lowest BCUT2D eigenvalue weighted by atomic mass is 10.0. The van der Waals surface area contributed by atoms with Gasteiger partial charge in [0.25, 0.3) is 0 Å². The monoisotopic (exact) mass is 292 g/mol. The van der Waals surface area contributed by atoms with E-state index in [1.54, 1.807) is 0 Å². The summed E-state index contributed by atoms with van der Waals surface area (Å²) in [4.78, 5) is 11.5. The fraction of sp³-hybridized carbons (Fsp3) is 0.889. The first kappa shape index (κ1) is 21.6. The van der Waals surface area contributed by atoms with Crippen LogP contribution in [0, 0.1) is 5.92 Å². The maximum Gasteiger partial charge on any atom is 0.324 e. The summed E-state index contributed by atoms with van der Waals surface area (Å²) in [6.07, 6.45) is 2.83. The van der Waals surface area contributed by atoms with Crippen molar-refractivity contribution in [1.82, 2.24) is 4.72 Å². The molecule has 0 amide bonds. The van der Waals surface area contributed by atoms with E-state index >= 15 is 0 Å². The molecule has 0 rings (SSSR count). The molecule has 0 radical (unpaired) electrons. The van der Waals surface area contributed by atoms with Crippen molar-refractivity contribution < 1.29 is 9.53 Å². The molecule has 0 aliphatic carbocycles. The molecule has 2 atom stereocenters. The summed E-state index contributed by atoms with van der Waals surface area (Å²) in [7, 11) is 0. The molecule has 0 aromatic rings. The molecule has 0 aromatic carbocycles. The lowest BCUT2D eigenvalue weighted by molar-refractivity contribution is -0.146. The average molecular weight is 293 g/mol. The third kappa shape index (κ3) is 8.47. The summed E-state index contributed by atoms with van der Waals surface area (Å²) in [5.74, 6) is 0.0619. The number of carbonyl (C=O) groups is 1. The van der Waals surface area contributed by atoms with E-state index < -0.39 is 0 Å². The Morgan fingerprint density at radius 1 is 1.50 bits per heavy atom. The van der Waals surface area contributed by atoms with Crippen molar-refractivity contribution >= 4 is 42.7 Å². The van der Waals surface area contributed by atoms with Crippen molar-refractivity contribution in [3.63, 3.8) is 0 Å². The van der Waals surface area contributed by atoms with Gasteiger partial charge in [-0.25, -0.2) is 0 Å². The van der Waals surface area contributed by atoms with Crippen molar-refractivity contribution in [2.24, 2.45) is 11.7 Å². The SMILES string of the molecule is CC[C@H](C)[C@H](NSC)C(=O)OCCN.Cl.Cl. The smallest absolute Gasteiger partial charge is 0.324 e. The highest BCUT2D eigenvalue weighted by Crippen LogP contribution is 2.11. The predicted molar refractivity (Wildman–Crippen MR) is 74.4 cm³/mol. The van der Waals surface area contributed by atoms with Gasteiger partial charge in [0, 0.05) is 6.54 Å². The van der Waals surface area contributed by atoms with Gasteiger partial charge in [0.05, 0.1) is 0 Å². The Labute approximate surface area is 114 Å². The van der Waals surface area contributed by atoms with Crippen molar-refractivity contribution in [3.8, 4) is 0 Å². The minimum absolute atomic E-state index is 0. The predicted octanol–water partition coefficient (Wildman–Crippen LogP) is 1.61. The van der Waals surface area contributed by atoms with Crippen LogP contribution in [-0.4, -0.2) is 31.4 Å². The van der Waals surface area contributed by atoms with E-state index in [1.807, 2.05) is 13.2 Å². The number of hydrogen-bond acceptors (Lipinski definition) is 5. The Bertz CT molecular complexity index is 176. The zero-order valence-electron chi connectivity index (χ0n) is 9.89. The Hall–Kier alpha value is 0.320. The zero-order valence-corrected chi connectivity index (χ0v) is 12.3. The number of ether oxygens (including phenoxy) is 1. The molecule has 0 unspecified atom stereocenters. The molecule has 0 aromatic heterocycles. The normalized spacial score (nSPS) is 13.0. The van der Waals surface area contributed by atoms with Gasteiger partial charge in [-0.15, -0.1) is 24.8 Å². The van der Waals surface area contributed by atoms with Crippen LogP contribution in [-0.2, 0) is 9.53 Å². The van der Waals surface area contributed by atoms with Gasteiger partial charge in [-0.2, -0.15) is 0 Å².